The van der Waals surface area contributed by atoms with Crippen molar-refractivity contribution in [3.05, 3.63) is 59.8 Å². The first-order valence-corrected chi connectivity index (χ1v) is 10.6. The summed E-state index contributed by atoms with van der Waals surface area (Å²) in [6, 6.07) is 9.49. The van der Waals surface area contributed by atoms with E-state index in [2.05, 4.69) is 10.3 Å². The number of fused-ring (bicyclic) bond motifs is 1. The summed E-state index contributed by atoms with van der Waals surface area (Å²) in [6.45, 7) is 1.86. The Kier molecular flexibility index (Phi) is 6.13. The van der Waals surface area contributed by atoms with E-state index in [1.54, 1.807) is 39.2 Å². The predicted molar refractivity (Wildman–Crippen MR) is 126 cm³/mol. The Bertz CT molecular complexity index is 1290. The van der Waals surface area contributed by atoms with Gasteiger partial charge in [-0.1, -0.05) is 6.07 Å². The third kappa shape index (κ3) is 4.17. The van der Waals surface area contributed by atoms with E-state index in [1.165, 1.54) is 17.4 Å². The third-order valence-electron chi connectivity index (χ3n) is 5.03. The average molecular weight is 451 g/mol. The molecule has 0 saturated heterocycles. The van der Waals surface area contributed by atoms with Crippen LogP contribution in [-0.2, 0) is 4.79 Å². The molecule has 2 heterocycles. The van der Waals surface area contributed by atoms with Crippen LogP contribution in [0.4, 0.5) is 5.13 Å². The summed E-state index contributed by atoms with van der Waals surface area (Å²) in [7, 11) is 4.79. The van der Waals surface area contributed by atoms with Gasteiger partial charge < -0.3 is 18.6 Å². The highest BCUT2D eigenvalue weighted by Gasteiger charge is 2.16. The quantitative estimate of drug-likeness (QED) is 0.368. The van der Waals surface area contributed by atoms with Crippen molar-refractivity contribution >= 4 is 38.9 Å². The van der Waals surface area contributed by atoms with E-state index in [9.17, 15) is 4.79 Å². The Labute approximate surface area is 189 Å². The van der Waals surface area contributed by atoms with Gasteiger partial charge in [0, 0.05) is 40.2 Å². The first kappa shape index (κ1) is 21.5. The van der Waals surface area contributed by atoms with Crippen LogP contribution in [0.5, 0.6) is 17.2 Å². The normalized spacial score (nSPS) is 11.4. The van der Waals surface area contributed by atoms with Gasteiger partial charge in [0.05, 0.1) is 27.6 Å². The maximum Gasteiger partial charge on any atom is 0.250 e. The molecular weight excluding hydrogens is 428 g/mol. The van der Waals surface area contributed by atoms with Crippen LogP contribution >= 0.6 is 11.3 Å². The largest absolute Gasteiger partial charge is 0.496 e. The number of allylic oxidation sites excluding steroid dienone is 1. The number of rotatable bonds is 7. The number of furan rings is 1. The van der Waals surface area contributed by atoms with E-state index in [1.807, 2.05) is 37.3 Å². The molecule has 0 bridgehead atoms. The smallest absolute Gasteiger partial charge is 0.250 e. The number of hydrogen-bond acceptors (Lipinski definition) is 7. The van der Waals surface area contributed by atoms with Gasteiger partial charge in [-0.3, -0.25) is 10.1 Å². The molecule has 32 heavy (non-hydrogen) atoms. The summed E-state index contributed by atoms with van der Waals surface area (Å²) in [5, 5.41) is 6.00. The minimum atomic E-state index is -0.257. The van der Waals surface area contributed by atoms with Gasteiger partial charge in [0.15, 0.2) is 16.6 Å². The zero-order chi connectivity index (χ0) is 22.7. The Hall–Kier alpha value is -3.78. The van der Waals surface area contributed by atoms with Crippen molar-refractivity contribution in [2.24, 2.45) is 0 Å². The molecule has 2 aromatic carbocycles. The van der Waals surface area contributed by atoms with Gasteiger partial charge in [-0.2, -0.15) is 0 Å². The standard InChI is InChI=1S/C24H22N2O5S/c1-14(9-23(27)26-24-25-7-8-32-24)16-11-17-18(13-31-21(17)12-20(16)29-3)15-5-6-19(28-2)22(10-15)30-4/h5-13H,1-4H3,(H,25,26,27)/b14-9+. The Morgan fingerprint density at radius 3 is 2.53 bits per heavy atom. The lowest BCUT2D eigenvalue weighted by atomic mass is 9.99. The van der Waals surface area contributed by atoms with E-state index in [-0.39, 0.29) is 5.91 Å². The number of thiazole rings is 1. The molecule has 4 aromatic rings. The van der Waals surface area contributed by atoms with Crippen molar-refractivity contribution in [1.29, 1.82) is 0 Å². The molecule has 8 heteroatoms. The van der Waals surface area contributed by atoms with Crippen molar-refractivity contribution < 1.29 is 23.4 Å². The van der Waals surface area contributed by atoms with E-state index in [0.29, 0.717) is 28.0 Å². The molecule has 1 N–H and O–H groups in total. The second-order valence-electron chi connectivity index (χ2n) is 6.92. The highest BCUT2D eigenvalue weighted by Crippen LogP contribution is 2.39. The molecule has 0 fully saturated rings. The number of benzene rings is 2. The fourth-order valence-corrected chi connectivity index (χ4v) is 3.99. The maximum absolute atomic E-state index is 12.4. The fraction of sp³-hybridized carbons (Fsp3) is 0.167. The Balaban J connectivity index is 1.75. The first-order valence-electron chi connectivity index (χ1n) is 9.74. The highest BCUT2D eigenvalue weighted by molar-refractivity contribution is 7.13. The number of nitrogens with one attached hydrogen (secondary N) is 1. The number of nitrogens with zero attached hydrogens (tertiary/aromatic N) is 1. The zero-order valence-corrected chi connectivity index (χ0v) is 18.9. The molecule has 164 valence electrons. The lowest BCUT2D eigenvalue weighted by molar-refractivity contribution is -0.111. The molecule has 0 aliphatic heterocycles. The topological polar surface area (TPSA) is 82.8 Å². The van der Waals surface area contributed by atoms with E-state index in [4.69, 9.17) is 18.6 Å². The summed E-state index contributed by atoms with van der Waals surface area (Å²) in [5.41, 5.74) is 4.02. The highest BCUT2D eigenvalue weighted by atomic mass is 32.1. The number of amides is 1. The van der Waals surface area contributed by atoms with Gasteiger partial charge in [-0.15, -0.1) is 11.3 Å². The zero-order valence-electron chi connectivity index (χ0n) is 18.1. The van der Waals surface area contributed by atoms with Crippen molar-refractivity contribution in [2.75, 3.05) is 26.6 Å². The van der Waals surface area contributed by atoms with Crippen molar-refractivity contribution in [2.45, 2.75) is 6.92 Å². The summed E-state index contributed by atoms with van der Waals surface area (Å²) in [6.07, 6.45) is 4.87. The van der Waals surface area contributed by atoms with E-state index in [0.717, 1.165) is 27.6 Å². The molecule has 0 unspecified atom stereocenters. The van der Waals surface area contributed by atoms with E-state index < -0.39 is 0 Å². The lowest BCUT2D eigenvalue weighted by Gasteiger charge is -2.11. The molecule has 0 spiro atoms. The molecule has 0 radical (unpaired) electrons. The van der Waals surface area contributed by atoms with Crippen LogP contribution < -0.4 is 19.5 Å². The van der Waals surface area contributed by atoms with Gasteiger partial charge in [-0.25, -0.2) is 4.98 Å². The molecule has 2 aromatic heterocycles. The molecule has 1 amide bonds. The monoisotopic (exact) mass is 450 g/mol. The Morgan fingerprint density at radius 1 is 1.06 bits per heavy atom. The first-order chi connectivity index (χ1) is 15.5. The maximum atomic E-state index is 12.4. The van der Waals surface area contributed by atoms with Gasteiger partial charge in [-0.05, 0) is 36.3 Å². The summed E-state index contributed by atoms with van der Waals surface area (Å²) < 4.78 is 22.1. The predicted octanol–water partition coefficient (Wildman–Crippen LogP) is 5.62. The minimum absolute atomic E-state index is 0.257. The van der Waals surface area contributed by atoms with Crippen molar-refractivity contribution in [1.82, 2.24) is 4.98 Å². The number of methoxy groups -OCH3 is 3. The number of ether oxygens (including phenoxy) is 3. The summed E-state index contributed by atoms with van der Waals surface area (Å²) >= 11 is 1.36. The van der Waals surface area contributed by atoms with Gasteiger partial charge >= 0.3 is 0 Å². The lowest BCUT2D eigenvalue weighted by Crippen LogP contribution is -2.08. The fourth-order valence-electron chi connectivity index (χ4n) is 3.46. The number of hydrogen-bond donors (Lipinski definition) is 1. The minimum Gasteiger partial charge on any atom is -0.496 e. The second-order valence-corrected chi connectivity index (χ2v) is 7.82. The van der Waals surface area contributed by atoms with Crippen LogP contribution in [-0.4, -0.2) is 32.2 Å². The summed E-state index contributed by atoms with van der Waals surface area (Å²) in [5.74, 6) is 1.63. The average Bonchev–Trinajstić information content (AvgIpc) is 3.46. The number of anilines is 1. The molecule has 7 nitrogen and oxygen atoms in total. The van der Waals surface area contributed by atoms with E-state index >= 15 is 0 Å². The van der Waals surface area contributed by atoms with Gasteiger partial charge in [0.25, 0.3) is 0 Å². The summed E-state index contributed by atoms with van der Waals surface area (Å²) in [4.78, 5) is 16.5. The van der Waals surface area contributed by atoms with Crippen LogP contribution in [0.3, 0.4) is 0 Å². The molecule has 4 rings (SSSR count). The number of aromatic nitrogens is 1. The van der Waals surface area contributed by atoms with Crippen LogP contribution in [0, 0.1) is 0 Å². The van der Waals surface area contributed by atoms with Crippen LogP contribution in [0.1, 0.15) is 12.5 Å². The van der Waals surface area contributed by atoms with Gasteiger partial charge in [0.1, 0.15) is 11.3 Å². The SMILES string of the molecule is COc1ccc(-c2coc3cc(OC)c(/C(C)=C/C(=O)Nc4nccs4)cc23)cc1OC. The van der Waals surface area contributed by atoms with Crippen LogP contribution in [0.15, 0.2) is 58.7 Å². The molecular formula is C24H22N2O5S. The Morgan fingerprint density at radius 2 is 1.84 bits per heavy atom. The van der Waals surface area contributed by atoms with Crippen LogP contribution in [0.2, 0.25) is 0 Å². The van der Waals surface area contributed by atoms with Crippen LogP contribution in [0.25, 0.3) is 27.7 Å². The molecule has 0 atom stereocenters. The molecule has 0 aliphatic carbocycles. The second kappa shape index (κ2) is 9.15. The molecule has 0 aliphatic rings. The third-order valence-corrected chi connectivity index (χ3v) is 5.71. The number of carbonyl (C=O) groups excluding carboxylic acids is 1. The van der Waals surface area contributed by atoms with Gasteiger partial charge in [0.2, 0.25) is 5.91 Å². The molecule has 0 saturated carbocycles. The van der Waals surface area contributed by atoms with Crippen molar-refractivity contribution in [3.63, 3.8) is 0 Å². The number of carbonyl (C=O) groups is 1. The van der Waals surface area contributed by atoms with Crippen molar-refractivity contribution in [3.8, 4) is 28.4 Å².